The van der Waals surface area contributed by atoms with Gasteiger partial charge < -0.3 is 4.42 Å². The molecule has 0 bridgehead atoms. The van der Waals surface area contributed by atoms with Gasteiger partial charge in [-0.2, -0.15) is 0 Å². The third kappa shape index (κ3) is 2.70. The fourth-order valence-corrected chi connectivity index (χ4v) is 3.11. The zero-order chi connectivity index (χ0) is 14.2. The van der Waals surface area contributed by atoms with Crippen LogP contribution in [-0.4, -0.2) is 21.6 Å². The predicted octanol–water partition coefficient (Wildman–Crippen LogP) is 3.42. The maximum atomic E-state index is 13.4. The second-order valence-electron chi connectivity index (χ2n) is 5.99. The topological polar surface area (TPSA) is 42.2 Å². The fourth-order valence-electron chi connectivity index (χ4n) is 3.11. The van der Waals surface area contributed by atoms with Crippen molar-refractivity contribution in [1.82, 2.24) is 15.1 Å². The van der Waals surface area contributed by atoms with Crippen LogP contribution in [0.2, 0.25) is 0 Å². The van der Waals surface area contributed by atoms with E-state index in [1.165, 1.54) is 6.07 Å². The zero-order valence-electron chi connectivity index (χ0n) is 11.8. The Morgan fingerprint density at radius 2 is 2.14 bits per heavy atom. The normalized spacial score (nSPS) is 22.8. The SMILES string of the molecule is Fc1cccc(C2CCCN2Cc2nnc(C3CC3)o2)c1. The van der Waals surface area contributed by atoms with Crippen molar-refractivity contribution in [2.75, 3.05) is 6.54 Å². The Kier molecular flexibility index (Phi) is 3.22. The van der Waals surface area contributed by atoms with Gasteiger partial charge in [0.15, 0.2) is 0 Å². The largest absolute Gasteiger partial charge is 0.424 e. The Balaban J connectivity index is 1.50. The van der Waals surface area contributed by atoms with Crippen LogP contribution in [0.3, 0.4) is 0 Å². The minimum absolute atomic E-state index is 0.173. The third-order valence-corrected chi connectivity index (χ3v) is 4.34. The lowest BCUT2D eigenvalue weighted by Gasteiger charge is -2.23. The first-order valence-electron chi connectivity index (χ1n) is 7.61. The summed E-state index contributed by atoms with van der Waals surface area (Å²) in [5.41, 5.74) is 1.04. The Bertz CT molecular complexity index is 638. The van der Waals surface area contributed by atoms with Gasteiger partial charge in [0.25, 0.3) is 0 Å². The lowest BCUT2D eigenvalue weighted by atomic mass is 10.0. The first kappa shape index (κ1) is 13.0. The molecule has 1 aromatic heterocycles. The molecule has 21 heavy (non-hydrogen) atoms. The maximum absolute atomic E-state index is 13.4. The van der Waals surface area contributed by atoms with E-state index < -0.39 is 0 Å². The molecular weight excluding hydrogens is 269 g/mol. The van der Waals surface area contributed by atoms with Crippen molar-refractivity contribution < 1.29 is 8.81 Å². The summed E-state index contributed by atoms with van der Waals surface area (Å²) in [6, 6.07) is 7.14. The highest BCUT2D eigenvalue weighted by atomic mass is 19.1. The van der Waals surface area contributed by atoms with Gasteiger partial charge in [-0.15, -0.1) is 10.2 Å². The Labute approximate surface area is 123 Å². The maximum Gasteiger partial charge on any atom is 0.230 e. The molecule has 0 radical (unpaired) electrons. The molecule has 0 amide bonds. The summed E-state index contributed by atoms with van der Waals surface area (Å²) < 4.78 is 19.2. The number of hydrogen-bond acceptors (Lipinski definition) is 4. The van der Waals surface area contributed by atoms with Crippen LogP contribution in [0.1, 0.15) is 55.0 Å². The summed E-state index contributed by atoms with van der Waals surface area (Å²) in [6.45, 7) is 1.64. The van der Waals surface area contributed by atoms with Gasteiger partial charge in [-0.25, -0.2) is 4.39 Å². The molecule has 110 valence electrons. The number of nitrogens with zero attached hydrogens (tertiary/aromatic N) is 3. The average molecular weight is 287 g/mol. The van der Waals surface area contributed by atoms with Crippen molar-refractivity contribution in [2.24, 2.45) is 0 Å². The number of likely N-dealkylation sites (tertiary alicyclic amines) is 1. The molecule has 2 aromatic rings. The highest BCUT2D eigenvalue weighted by Crippen LogP contribution is 2.39. The molecule has 4 rings (SSSR count). The van der Waals surface area contributed by atoms with Crippen LogP contribution in [0.25, 0.3) is 0 Å². The van der Waals surface area contributed by atoms with E-state index in [9.17, 15) is 4.39 Å². The molecule has 1 atom stereocenters. The Morgan fingerprint density at radius 3 is 2.95 bits per heavy atom. The van der Waals surface area contributed by atoms with Gasteiger partial charge in [-0.3, -0.25) is 4.90 Å². The molecule has 2 heterocycles. The van der Waals surface area contributed by atoms with Gasteiger partial charge in [0.05, 0.1) is 6.54 Å². The van der Waals surface area contributed by atoms with Crippen molar-refractivity contribution in [3.8, 4) is 0 Å². The minimum Gasteiger partial charge on any atom is -0.424 e. The van der Waals surface area contributed by atoms with Gasteiger partial charge in [0.1, 0.15) is 5.82 Å². The number of hydrogen-bond donors (Lipinski definition) is 0. The summed E-state index contributed by atoms with van der Waals surface area (Å²) >= 11 is 0. The smallest absolute Gasteiger partial charge is 0.230 e. The molecule has 1 unspecified atom stereocenters. The standard InChI is InChI=1S/C16H18FN3O/c17-13-4-1-3-12(9-13)14-5-2-8-20(14)10-15-18-19-16(21-15)11-6-7-11/h1,3-4,9,11,14H,2,5-8,10H2. The summed E-state index contributed by atoms with van der Waals surface area (Å²) in [4.78, 5) is 2.30. The summed E-state index contributed by atoms with van der Waals surface area (Å²) in [7, 11) is 0. The lowest BCUT2D eigenvalue weighted by Crippen LogP contribution is -2.23. The average Bonchev–Trinajstić information content (AvgIpc) is 3.05. The van der Waals surface area contributed by atoms with Gasteiger partial charge in [0, 0.05) is 12.0 Å². The summed E-state index contributed by atoms with van der Waals surface area (Å²) in [6.07, 6.45) is 4.49. The van der Waals surface area contributed by atoms with Crippen molar-refractivity contribution in [3.63, 3.8) is 0 Å². The van der Waals surface area contributed by atoms with Crippen LogP contribution in [0.15, 0.2) is 28.7 Å². The zero-order valence-corrected chi connectivity index (χ0v) is 11.8. The van der Waals surface area contributed by atoms with E-state index in [0.717, 1.165) is 43.7 Å². The molecule has 2 fully saturated rings. The second kappa shape index (κ2) is 5.22. The number of benzene rings is 1. The summed E-state index contributed by atoms with van der Waals surface area (Å²) in [5, 5.41) is 8.28. The van der Waals surface area contributed by atoms with E-state index in [1.54, 1.807) is 12.1 Å². The predicted molar refractivity (Wildman–Crippen MR) is 75.1 cm³/mol. The van der Waals surface area contributed by atoms with E-state index in [1.807, 2.05) is 6.07 Å². The van der Waals surface area contributed by atoms with E-state index in [4.69, 9.17) is 4.42 Å². The van der Waals surface area contributed by atoms with Crippen LogP contribution in [0.5, 0.6) is 0 Å². The van der Waals surface area contributed by atoms with E-state index in [-0.39, 0.29) is 11.9 Å². The molecule has 4 nitrogen and oxygen atoms in total. The molecule has 0 N–H and O–H groups in total. The fraction of sp³-hybridized carbons (Fsp3) is 0.500. The van der Waals surface area contributed by atoms with Gasteiger partial charge in [-0.05, 0) is 49.9 Å². The number of aromatic nitrogens is 2. The monoisotopic (exact) mass is 287 g/mol. The van der Waals surface area contributed by atoms with E-state index >= 15 is 0 Å². The van der Waals surface area contributed by atoms with Crippen LogP contribution >= 0.6 is 0 Å². The molecule has 1 saturated carbocycles. The van der Waals surface area contributed by atoms with E-state index in [2.05, 4.69) is 15.1 Å². The molecule has 1 aliphatic heterocycles. The van der Waals surface area contributed by atoms with Crippen LogP contribution < -0.4 is 0 Å². The molecule has 1 aliphatic carbocycles. The first-order valence-corrected chi connectivity index (χ1v) is 7.61. The first-order chi connectivity index (χ1) is 10.3. The molecule has 1 saturated heterocycles. The van der Waals surface area contributed by atoms with Crippen molar-refractivity contribution in [3.05, 3.63) is 47.4 Å². The molecule has 5 heteroatoms. The molecule has 2 aliphatic rings. The van der Waals surface area contributed by atoms with Crippen LogP contribution in [0.4, 0.5) is 4.39 Å². The molecular formula is C16H18FN3O. The minimum atomic E-state index is -0.173. The Hall–Kier alpha value is -1.75. The quantitative estimate of drug-likeness (QED) is 0.864. The van der Waals surface area contributed by atoms with Crippen molar-refractivity contribution in [2.45, 2.75) is 44.2 Å². The number of halogens is 1. The molecule has 0 spiro atoms. The second-order valence-corrected chi connectivity index (χ2v) is 5.99. The van der Waals surface area contributed by atoms with Crippen LogP contribution in [0, 0.1) is 5.82 Å². The Morgan fingerprint density at radius 1 is 1.24 bits per heavy atom. The van der Waals surface area contributed by atoms with E-state index in [0.29, 0.717) is 18.4 Å². The van der Waals surface area contributed by atoms with Crippen molar-refractivity contribution >= 4 is 0 Å². The lowest BCUT2D eigenvalue weighted by molar-refractivity contribution is 0.221. The van der Waals surface area contributed by atoms with Crippen molar-refractivity contribution in [1.29, 1.82) is 0 Å². The van der Waals surface area contributed by atoms with Crippen LogP contribution in [-0.2, 0) is 6.54 Å². The number of rotatable bonds is 4. The van der Waals surface area contributed by atoms with Gasteiger partial charge in [-0.1, -0.05) is 12.1 Å². The molecule has 1 aromatic carbocycles. The third-order valence-electron chi connectivity index (χ3n) is 4.34. The summed E-state index contributed by atoms with van der Waals surface area (Å²) in [5.74, 6) is 1.78. The van der Waals surface area contributed by atoms with Gasteiger partial charge >= 0.3 is 0 Å². The van der Waals surface area contributed by atoms with Gasteiger partial charge in [0.2, 0.25) is 11.8 Å². The highest BCUT2D eigenvalue weighted by Gasteiger charge is 2.31. The highest BCUT2D eigenvalue weighted by molar-refractivity contribution is 5.21.